The van der Waals surface area contributed by atoms with Crippen molar-refractivity contribution in [3.05, 3.63) is 246 Å². The Balaban J connectivity index is 0.000000191. The summed E-state index contributed by atoms with van der Waals surface area (Å²) in [5.41, 5.74) is 6.48. The Morgan fingerprint density at radius 2 is 0.530 bits per heavy atom. The van der Waals surface area contributed by atoms with Gasteiger partial charge in [0.05, 0.1) is 0 Å². The summed E-state index contributed by atoms with van der Waals surface area (Å²) in [7, 11) is 0. The van der Waals surface area contributed by atoms with Crippen molar-refractivity contribution in [2.45, 2.75) is 93.1 Å². The van der Waals surface area contributed by atoms with E-state index in [2.05, 4.69) is 116 Å². The van der Waals surface area contributed by atoms with Crippen LogP contribution < -0.4 is 18.9 Å². The minimum atomic E-state index is 0. The highest BCUT2D eigenvalue weighted by molar-refractivity contribution is 5.37. The molecule has 0 aliphatic heterocycles. The van der Waals surface area contributed by atoms with Gasteiger partial charge in [-0.1, -0.05) is 196 Å². The number of para-hydroxylation sites is 4. The van der Waals surface area contributed by atoms with Crippen LogP contribution in [0.1, 0.15) is 114 Å². The van der Waals surface area contributed by atoms with Gasteiger partial charge in [0, 0.05) is 0 Å². The van der Waals surface area contributed by atoms with E-state index in [1.807, 2.05) is 158 Å². The van der Waals surface area contributed by atoms with Gasteiger partial charge in [-0.2, -0.15) is 0 Å². The molecule has 4 heteroatoms. The molecule has 0 N–H and O–H groups in total. The predicted molar refractivity (Wildman–Crippen MR) is 279 cm³/mol. The van der Waals surface area contributed by atoms with Gasteiger partial charge < -0.3 is 18.9 Å². The Morgan fingerprint density at radius 1 is 0.273 bits per heavy atom. The minimum Gasteiger partial charge on any atom is -0.489 e. The van der Waals surface area contributed by atoms with Gasteiger partial charge in [0.1, 0.15) is 46.9 Å². The second-order valence-electron chi connectivity index (χ2n) is 16.9. The van der Waals surface area contributed by atoms with Crippen LogP contribution in [0.15, 0.2) is 218 Å². The fourth-order valence-corrected chi connectivity index (χ4v) is 6.41. The molecule has 0 radical (unpaired) electrons. The average Bonchev–Trinajstić information content (AvgIpc) is 3.33. The van der Waals surface area contributed by atoms with Crippen molar-refractivity contribution in [3.8, 4) is 40.2 Å². The molecule has 8 aromatic rings. The van der Waals surface area contributed by atoms with Gasteiger partial charge in [0.15, 0.2) is 0 Å². The lowest BCUT2D eigenvalue weighted by Crippen LogP contribution is -1.97. The van der Waals surface area contributed by atoms with Crippen LogP contribution >= 0.6 is 0 Å². The molecule has 4 nitrogen and oxygen atoms in total. The Bertz CT molecular complexity index is 2300. The standard InChI is InChI=1S/C16H18O.3C15H16O.CH4/c1-13(2)15-8-6-7-14(11-15)12-17-16-9-4-3-5-10-16;3*1-12(2)13-7-6-10-15(11-13)16-14-8-4-3-5-9-14;/h3-11,13H,12H2,1-2H3;3*3-12H,1-2H3;1H4. The summed E-state index contributed by atoms with van der Waals surface area (Å²) in [6.45, 7) is 18.1. The van der Waals surface area contributed by atoms with E-state index in [0.717, 1.165) is 40.2 Å². The first kappa shape index (κ1) is 51.6. The van der Waals surface area contributed by atoms with Crippen LogP contribution in [0.2, 0.25) is 0 Å². The van der Waals surface area contributed by atoms with Gasteiger partial charge in [0.2, 0.25) is 0 Å². The maximum Gasteiger partial charge on any atom is 0.127 e. The van der Waals surface area contributed by atoms with Gasteiger partial charge in [-0.05, 0) is 136 Å². The first-order valence-corrected chi connectivity index (χ1v) is 22.8. The third-order valence-electron chi connectivity index (χ3n) is 10.3. The van der Waals surface area contributed by atoms with E-state index in [-0.39, 0.29) is 7.43 Å². The molecule has 0 aliphatic carbocycles. The highest BCUT2D eigenvalue weighted by Gasteiger charge is 2.05. The fraction of sp³-hybridized carbons (Fsp3) is 0.226. The van der Waals surface area contributed by atoms with Crippen LogP contribution in [0, 0.1) is 0 Å². The summed E-state index contributed by atoms with van der Waals surface area (Å²) in [6.07, 6.45) is 0. The van der Waals surface area contributed by atoms with Crippen LogP contribution in [0.5, 0.6) is 40.2 Å². The number of hydrogen-bond acceptors (Lipinski definition) is 4. The monoisotopic (exact) mass is 879 g/mol. The molecule has 0 spiro atoms. The van der Waals surface area contributed by atoms with Crippen molar-refractivity contribution >= 4 is 0 Å². The van der Waals surface area contributed by atoms with E-state index < -0.39 is 0 Å². The van der Waals surface area contributed by atoms with E-state index >= 15 is 0 Å². The maximum atomic E-state index is 5.77. The topological polar surface area (TPSA) is 36.9 Å². The average molecular weight is 879 g/mol. The Morgan fingerprint density at radius 3 is 0.833 bits per heavy atom. The smallest absolute Gasteiger partial charge is 0.127 e. The summed E-state index contributed by atoms with van der Waals surface area (Å²) in [5.74, 6) is 8.40. The molecule has 8 rings (SSSR count). The van der Waals surface area contributed by atoms with E-state index in [9.17, 15) is 0 Å². The van der Waals surface area contributed by atoms with Crippen molar-refractivity contribution < 1.29 is 18.9 Å². The number of rotatable bonds is 13. The Hall–Kier alpha value is -7.04. The molecule has 8 aromatic carbocycles. The molecule has 342 valence electrons. The third-order valence-corrected chi connectivity index (χ3v) is 10.3. The van der Waals surface area contributed by atoms with Gasteiger partial charge in [0.25, 0.3) is 0 Å². The van der Waals surface area contributed by atoms with Crippen molar-refractivity contribution in [2.24, 2.45) is 0 Å². The van der Waals surface area contributed by atoms with Crippen molar-refractivity contribution in [1.29, 1.82) is 0 Å². The summed E-state index contributed by atoms with van der Waals surface area (Å²) >= 11 is 0. The molecule has 0 bridgehead atoms. The molecule has 0 saturated carbocycles. The van der Waals surface area contributed by atoms with E-state index in [0.29, 0.717) is 30.3 Å². The van der Waals surface area contributed by atoms with Crippen LogP contribution in [-0.4, -0.2) is 0 Å². The highest BCUT2D eigenvalue weighted by Crippen LogP contribution is 2.27. The number of ether oxygens (including phenoxy) is 4. The van der Waals surface area contributed by atoms with Gasteiger partial charge in [-0.15, -0.1) is 0 Å². The SMILES string of the molecule is C.CC(C)c1cccc(COc2ccccc2)c1.CC(C)c1cccc(Oc2ccccc2)c1.CC(C)c1cccc(Oc2ccccc2)c1.CC(C)c1cccc(Oc2ccccc2)c1. The Labute approximate surface area is 396 Å². The molecular formula is C62H70O4. The molecule has 0 amide bonds. The van der Waals surface area contributed by atoms with E-state index in [4.69, 9.17) is 18.9 Å². The quantitative estimate of drug-likeness (QED) is 0.116. The lowest BCUT2D eigenvalue weighted by molar-refractivity contribution is 0.306. The zero-order valence-corrected chi connectivity index (χ0v) is 39.4. The largest absolute Gasteiger partial charge is 0.489 e. The summed E-state index contributed by atoms with van der Waals surface area (Å²) in [5, 5.41) is 0. The fourth-order valence-electron chi connectivity index (χ4n) is 6.41. The van der Waals surface area contributed by atoms with Crippen molar-refractivity contribution in [1.82, 2.24) is 0 Å². The normalized spacial score (nSPS) is 10.3. The molecule has 66 heavy (non-hydrogen) atoms. The molecule has 0 atom stereocenters. The molecule has 0 fully saturated rings. The summed E-state index contributed by atoms with van der Waals surface area (Å²) in [6, 6.07) is 72.8. The van der Waals surface area contributed by atoms with Gasteiger partial charge in [-0.3, -0.25) is 0 Å². The molecule has 0 unspecified atom stereocenters. The zero-order chi connectivity index (χ0) is 46.2. The lowest BCUT2D eigenvalue weighted by Gasteiger charge is -2.09. The number of benzene rings is 8. The molecule has 0 heterocycles. The van der Waals surface area contributed by atoms with E-state index in [1.165, 1.54) is 27.8 Å². The molecular weight excluding hydrogens is 809 g/mol. The van der Waals surface area contributed by atoms with Crippen LogP contribution in [0.3, 0.4) is 0 Å². The Kier molecular flexibility index (Phi) is 21.9. The van der Waals surface area contributed by atoms with Crippen LogP contribution in [0.4, 0.5) is 0 Å². The van der Waals surface area contributed by atoms with E-state index in [1.54, 1.807) is 0 Å². The third kappa shape index (κ3) is 18.6. The lowest BCUT2D eigenvalue weighted by atomic mass is 10.0. The second-order valence-corrected chi connectivity index (χ2v) is 16.9. The van der Waals surface area contributed by atoms with Gasteiger partial charge in [-0.25, -0.2) is 0 Å². The molecule has 0 saturated heterocycles. The van der Waals surface area contributed by atoms with Crippen LogP contribution in [0.25, 0.3) is 0 Å². The van der Waals surface area contributed by atoms with Crippen molar-refractivity contribution in [3.63, 3.8) is 0 Å². The summed E-state index contributed by atoms with van der Waals surface area (Å²) < 4.78 is 23.0. The van der Waals surface area contributed by atoms with Crippen molar-refractivity contribution in [2.75, 3.05) is 0 Å². The zero-order valence-electron chi connectivity index (χ0n) is 39.4. The molecule has 0 aromatic heterocycles. The highest BCUT2D eigenvalue weighted by atomic mass is 16.5. The summed E-state index contributed by atoms with van der Waals surface area (Å²) in [4.78, 5) is 0. The first-order chi connectivity index (χ1) is 31.5. The first-order valence-electron chi connectivity index (χ1n) is 22.8. The molecule has 0 aliphatic rings. The maximum absolute atomic E-state index is 5.77. The second kappa shape index (κ2) is 28.0. The minimum absolute atomic E-state index is 0. The predicted octanol–water partition coefficient (Wildman–Crippen LogP) is 18.8. The number of hydrogen-bond donors (Lipinski definition) is 0. The van der Waals surface area contributed by atoms with Crippen LogP contribution in [-0.2, 0) is 6.61 Å². The van der Waals surface area contributed by atoms with Gasteiger partial charge >= 0.3 is 0 Å².